The second kappa shape index (κ2) is 7.33. The van der Waals surface area contributed by atoms with Crippen molar-refractivity contribution >= 4 is 11.8 Å². The Labute approximate surface area is 123 Å². The van der Waals surface area contributed by atoms with Crippen molar-refractivity contribution in [1.29, 1.82) is 0 Å². The van der Waals surface area contributed by atoms with Crippen LogP contribution in [0.15, 0.2) is 53.4 Å². The lowest BCUT2D eigenvalue weighted by atomic mass is 10.1. The van der Waals surface area contributed by atoms with Crippen LogP contribution in [0.1, 0.15) is 17.2 Å². The van der Waals surface area contributed by atoms with Crippen LogP contribution < -0.4 is 5.32 Å². The molecule has 0 aromatic heterocycles. The van der Waals surface area contributed by atoms with Crippen molar-refractivity contribution in [3.05, 3.63) is 59.7 Å². The summed E-state index contributed by atoms with van der Waals surface area (Å²) < 4.78 is 0. The number of aliphatic hydroxyl groups excluding tert-OH is 1. The first-order valence-electron chi connectivity index (χ1n) is 6.49. The van der Waals surface area contributed by atoms with Gasteiger partial charge in [0.25, 0.3) is 0 Å². The molecule has 0 spiro atoms. The predicted octanol–water partition coefficient (Wildman–Crippen LogP) is 2.94. The third kappa shape index (κ3) is 4.27. The van der Waals surface area contributed by atoms with Gasteiger partial charge in [0.1, 0.15) is 5.75 Å². The van der Waals surface area contributed by atoms with Crippen molar-refractivity contribution < 1.29 is 10.2 Å². The Balaban J connectivity index is 1.83. The van der Waals surface area contributed by atoms with Crippen LogP contribution in [0.25, 0.3) is 0 Å². The van der Waals surface area contributed by atoms with E-state index in [-0.39, 0.29) is 5.75 Å². The van der Waals surface area contributed by atoms with Crippen molar-refractivity contribution in [3.63, 3.8) is 0 Å². The molecule has 0 saturated carbocycles. The maximum atomic E-state index is 10.1. The number of aliphatic hydroxyl groups is 1. The number of rotatable bonds is 6. The number of hydrogen-bond donors (Lipinski definition) is 3. The Morgan fingerprint density at radius 1 is 1.15 bits per heavy atom. The van der Waals surface area contributed by atoms with Crippen LogP contribution in [-0.2, 0) is 6.54 Å². The lowest BCUT2D eigenvalue weighted by Crippen LogP contribution is -2.21. The van der Waals surface area contributed by atoms with Crippen molar-refractivity contribution in [2.45, 2.75) is 17.5 Å². The highest BCUT2D eigenvalue weighted by Gasteiger charge is 2.06. The first kappa shape index (κ1) is 14.9. The molecule has 0 saturated heterocycles. The quantitative estimate of drug-likeness (QED) is 0.716. The van der Waals surface area contributed by atoms with E-state index < -0.39 is 6.10 Å². The van der Waals surface area contributed by atoms with Gasteiger partial charge in [0.05, 0.1) is 6.10 Å². The average molecular weight is 289 g/mol. The Kier molecular flexibility index (Phi) is 5.47. The molecule has 4 heteroatoms. The first-order chi connectivity index (χ1) is 9.69. The van der Waals surface area contributed by atoms with Gasteiger partial charge in [0.15, 0.2) is 0 Å². The van der Waals surface area contributed by atoms with Crippen LogP contribution in [0.3, 0.4) is 0 Å². The van der Waals surface area contributed by atoms with Gasteiger partial charge >= 0.3 is 0 Å². The summed E-state index contributed by atoms with van der Waals surface area (Å²) in [6.07, 6.45) is 1.51. The molecule has 0 aliphatic carbocycles. The zero-order valence-electron chi connectivity index (χ0n) is 11.4. The molecule has 2 aromatic carbocycles. The molecule has 2 rings (SSSR count). The summed E-state index contributed by atoms with van der Waals surface area (Å²) in [5.74, 6) is 0.262. The molecule has 0 aliphatic rings. The van der Waals surface area contributed by atoms with Gasteiger partial charge in [-0.1, -0.05) is 24.3 Å². The Hall–Kier alpha value is -1.49. The lowest BCUT2D eigenvalue weighted by Gasteiger charge is -2.13. The minimum atomic E-state index is -0.525. The molecule has 106 valence electrons. The van der Waals surface area contributed by atoms with E-state index in [0.29, 0.717) is 13.1 Å². The van der Waals surface area contributed by atoms with E-state index in [9.17, 15) is 10.2 Å². The van der Waals surface area contributed by atoms with Gasteiger partial charge in [-0.05, 0) is 41.6 Å². The summed E-state index contributed by atoms with van der Waals surface area (Å²) in [4.78, 5) is 1.19. The van der Waals surface area contributed by atoms with Crippen LogP contribution in [0, 0.1) is 0 Å². The number of aromatic hydroxyl groups is 1. The fourth-order valence-electron chi connectivity index (χ4n) is 1.96. The number of benzene rings is 2. The van der Waals surface area contributed by atoms with Crippen molar-refractivity contribution in [3.8, 4) is 5.75 Å². The Morgan fingerprint density at radius 2 is 1.90 bits per heavy atom. The summed E-state index contributed by atoms with van der Waals surface area (Å²) in [6, 6.07) is 15.0. The molecule has 3 nitrogen and oxygen atoms in total. The molecule has 0 heterocycles. The van der Waals surface area contributed by atoms with E-state index in [1.807, 2.05) is 42.7 Å². The fraction of sp³-hybridized carbons (Fsp3) is 0.250. The number of thioether (sulfide) groups is 1. The number of phenols is 1. The second-order valence-corrected chi connectivity index (χ2v) is 5.47. The van der Waals surface area contributed by atoms with Crippen molar-refractivity contribution in [2.24, 2.45) is 0 Å². The number of phenolic OH excluding ortho intramolecular Hbond substituents is 1. The SMILES string of the molecule is CSc1ccc(C(O)CNCc2cccc(O)c2)cc1. The number of hydrogen-bond acceptors (Lipinski definition) is 4. The van der Waals surface area contributed by atoms with Crippen LogP contribution in [0.5, 0.6) is 5.75 Å². The molecular weight excluding hydrogens is 270 g/mol. The van der Waals surface area contributed by atoms with Gasteiger partial charge in [0.2, 0.25) is 0 Å². The monoisotopic (exact) mass is 289 g/mol. The summed E-state index contributed by atoms with van der Waals surface area (Å²) >= 11 is 1.68. The molecule has 3 N–H and O–H groups in total. The van der Waals surface area contributed by atoms with Gasteiger partial charge in [-0.3, -0.25) is 0 Å². The molecule has 0 amide bonds. The predicted molar refractivity (Wildman–Crippen MR) is 83.0 cm³/mol. The highest BCUT2D eigenvalue weighted by atomic mass is 32.2. The van der Waals surface area contributed by atoms with Gasteiger partial charge < -0.3 is 15.5 Å². The van der Waals surface area contributed by atoms with E-state index in [0.717, 1.165) is 11.1 Å². The zero-order valence-corrected chi connectivity index (χ0v) is 12.2. The third-order valence-corrected chi connectivity index (χ3v) is 3.82. The summed E-state index contributed by atoms with van der Waals surface area (Å²) in [5.41, 5.74) is 1.90. The molecule has 2 aromatic rings. The molecule has 0 aliphatic heterocycles. The van der Waals surface area contributed by atoms with E-state index in [2.05, 4.69) is 5.32 Å². The minimum Gasteiger partial charge on any atom is -0.508 e. The maximum Gasteiger partial charge on any atom is 0.115 e. The molecule has 1 unspecified atom stereocenters. The maximum absolute atomic E-state index is 10.1. The third-order valence-electron chi connectivity index (χ3n) is 3.08. The summed E-state index contributed by atoms with van der Waals surface area (Å²) in [6.45, 7) is 1.10. The number of nitrogens with one attached hydrogen (secondary N) is 1. The van der Waals surface area contributed by atoms with Crippen LogP contribution in [0.2, 0.25) is 0 Å². The second-order valence-electron chi connectivity index (χ2n) is 4.59. The lowest BCUT2D eigenvalue weighted by molar-refractivity contribution is 0.174. The summed E-state index contributed by atoms with van der Waals surface area (Å²) in [5, 5.41) is 22.7. The van der Waals surface area contributed by atoms with E-state index in [1.54, 1.807) is 23.9 Å². The smallest absolute Gasteiger partial charge is 0.115 e. The molecule has 0 fully saturated rings. The van der Waals surface area contributed by atoms with Crippen LogP contribution in [-0.4, -0.2) is 23.0 Å². The van der Waals surface area contributed by atoms with Crippen LogP contribution >= 0.6 is 11.8 Å². The molecular formula is C16H19NO2S. The van der Waals surface area contributed by atoms with Crippen molar-refractivity contribution in [1.82, 2.24) is 5.32 Å². The summed E-state index contributed by atoms with van der Waals surface area (Å²) in [7, 11) is 0. The Bertz CT molecular complexity index is 542. The minimum absolute atomic E-state index is 0.262. The topological polar surface area (TPSA) is 52.5 Å². The Morgan fingerprint density at radius 3 is 2.55 bits per heavy atom. The largest absolute Gasteiger partial charge is 0.508 e. The van der Waals surface area contributed by atoms with Gasteiger partial charge in [-0.25, -0.2) is 0 Å². The van der Waals surface area contributed by atoms with Gasteiger partial charge in [-0.2, -0.15) is 0 Å². The normalized spacial score (nSPS) is 12.3. The highest BCUT2D eigenvalue weighted by Crippen LogP contribution is 2.19. The average Bonchev–Trinajstić information content (AvgIpc) is 2.47. The van der Waals surface area contributed by atoms with E-state index >= 15 is 0 Å². The highest BCUT2D eigenvalue weighted by molar-refractivity contribution is 7.98. The molecule has 1 atom stereocenters. The van der Waals surface area contributed by atoms with E-state index in [4.69, 9.17) is 0 Å². The molecule has 0 radical (unpaired) electrons. The van der Waals surface area contributed by atoms with Gasteiger partial charge in [-0.15, -0.1) is 11.8 Å². The van der Waals surface area contributed by atoms with E-state index in [1.165, 1.54) is 4.90 Å². The van der Waals surface area contributed by atoms with Crippen LogP contribution in [0.4, 0.5) is 0 Å². The van der Waals surface area contributed by atoms with Crippen molar-refractivity contribution in [2.75, 3.05) is 12.8 Å². The first-order valence-corrected chi connectivity index (χ1v) is 7.72. The molecule has 20 heavy (non-hydrogen) atoms. The standard InChI is InChI=1S/C16H19NO2S/c1-20-15-7-5-13(6-8-15)16(19)11-17-10-12-3-2-4-14(18)9-12/h2-9,16-19H,10-11H2,1H3. The van der Waals surface area contributed by atoms with Gasteiger partial charge in [0, 0.05) is 18.0 Å². The fourth-order valence-corrected chi connectivity index (χ4v) is 2.37. The zero-order chi connectivity index (χ0) is 14.4. The molecule has 0 bridgehead atoms.